The Morgan fingerprint density at radius 1 is 1.23 bits per heavy atom. The van der Waals surface area contributed by atoms with Crippen LogP contribution in [-0.4, -0.2) is 16.9 Å². The molecule has 1 aliphatic rings. The lowest BCUT2D eigenvalue weighted by Crippen LogP contribution is -2.37. The normalized spacial score (nSPS) is 21.2. The molecule has 0 spiro atoms. The van der Waals surface area contributed by atoms with Crippen molar-refractivity contribution >= 4 is 5.91 Å². The Kier molecular flexibility index (Phi) is 3.84. The van der Waals surface area contributed by atoms with Crippen LogP contribution in [-0.2, 0) is 0 Å². The molecular weight excluding hydrogens is 276 g/mol. The highest BCUT2D eigenvalue weighted by Crippen LogP contribution is 2.49. The van der Waals surface area contributed by atoms with Crippen molar-refractivity contribution in [2.75, 3.05) is 0 Å². The third-order valence-electron chi connectivity index (χ3n) is 4.37. The smallest absolute Gasteiger partial charge is 0.260 e. The average molecular weight is 296 g/mol. The molecule has 0 unspecified atom stereocenters. The number of carbonyl (C=O) groups is 1. The van der Waals surface area contributed by atoms with E-state index in [0.717, 1.165) is 12.1 Å². The number of hydrogen-bond acceptors (Lipinski definition) is 2. The van der Waals surface area contributed by atoms with E-state index in [9.17, 15) is 9.59 Å². The summed E-state index contributed by atoms with van der Waals surface area (Å²) in [6, 6.07) is 13.7. The van der Waals surface area contributed by atoms with Crippen molar-refractivity contribution in [3.8, 4) is 0 Å². The molecule has 1 aromatic carbocycles. The van der Waals surface area contributed by atoms with Crippen molar-refractivity contribution in [3.05, 3.63) is 69.6 Å². The highest BCUT2D eigenvalue weighted by atomic mass is 16.2. The molecule has 1 heterocycles. The molecule has 0 bridgehead atoms. The van der Waals surface area contributed by atoms with E-state index in [1.807, 2.05) is 25.1 Å². The van der Waals surface area contributed by atoms with Crippen molar-refractivity contribution in [1.29, 1.82) is 0 Å². The van der Waals surface area contributed by atoms with Gasteiger partial charge in [0.1, 0.15) is 5.56 Å². The Bertz CT molecular complexity index is 736. The number of amides is 1. The minimum Gasteiger partial charge on any atom is -0.349 e. The average Bonchev–Trinajstić information content (AvgIpc) is 3.28. The molecular formula is C18H20N2O2. The Balaban J connectivity index is 1.64. The predicted molar refractivity (Wildman–Crippen MR) is 86.0 cm³/mol. The molecule has 4 nitrogen and oxygen atoms in total. The van der Waals surface area contributed by atoms with Crippen molar-refractivity contribution in [2.45, 2.75) is 32.2 Å². The second kappa shape index (κ2) is 5.79. The summed E-state index contributed by atoms with van der Waals surface area (Å²) in [4.78, 5) is 26.7. The zero-order chi connectivity index (χ0) is 15.7. The molecule has 0 saturated heterocycles. The van der Waals surface area contributed by atoms with Gasteiger partial charge in [-0.25, -0.2) is 0 Å². The quantitative estimate of drug-likeness (QED) is 0.911. The van der Waals surface area contributed by atoms with Crippen LogP contribution in [0.3, 0.4) is 0 Å². The number of pyridine rings is 1. The van der Waals surface area contributed by atoms with E-state index in [4.69, 9.17) is 0 Å². The van der Waals surface area contributed by atoms with Crippen LogP contribution in [0.25, 0.3) is 0 Å². The molecule has 0 aliphatic heterocycles. The third kappa shape index (κ3) is 2.96. The fraction of sp³-hybridized carbons (Fsp3) is 0.333. The maximum absolute atomic E-state index is 12.2. The first-order valence-electron chi connectivity index (χ1n) is 7.62. The molecule has 3 rings (SSSR count). The first-order valence-corrected chi connectivity index (χ1v) is 7.62. The molecule has 3 atom stereocenters. The molecule has 4 heteroatoms. The number of H-pyrrole nitrogens is 1. The van der Waals surface area contributed by atoms with Gasteiger partial charge >= 0.3 is 0 Å². The molecule has 1 fully saturated rings. The summed E-state index contributed by atoms with van der Waals surface area (Å²) in [5, 5.41) is 2.96. The SMILES string of the molecule is Cc1ccc(C(=O)N[C@H](C)[C@H]2C[C@@H]2c2ccccc2)c(=O)[nH]1. The van der Waals surface area contributed by atoms with Gasteiger partial charge in [0, 0.05) is 11.7 Å². The summed E-state index contributed by atoms with van der Waals surface area (Å²) >= 11 is 0. The molecule has 0 radical (unpaired) electrons. The van der Waals surface area contributed by atoms with Crippen LogP contribution in [0.4, 0.5) is 0 Å². The van der Waals surface area contributed by atoms with Gasteiger partial charge in [0.05, 0.1) is 0 Å². The zero-order valence-electron chi connectivity index (χ0n) is 12.8. The monoisotopic (exact) mass is 296 g/mol. The van der Waals surface area contributed by atoms with Gasteiger partial charge in [-0.2, -0.15) is 0 Å². The summed E-state index contributed by atoms with van der Waals surface area (Å²) in [6.45, 7) is 3.80. The summed E-state index contributed by atoms with van der Waals surface area (Å²) in [6.07, 6.45) is 1.08. The number of rotatable bonds is 4. The van der Waals surface area contributed by atoms with Gasteiger partial charge < -0.3 is 10.3 Å². The van der Waals surface area contributed by atoms with Gasteiger partial charge in [-0.1, -0.05) is 30.3 Å². The number of hydrogen-bond donors (Lipinski definition) is 2. The van der Waals surface area contributed by atoms with Crippen molar-refractivity contribution in [1.82, 2.24) is 10.3 Å². The molecule has 2 N–H and O–H groups in total. The molecule has 22 heavy (non-hydrogen) atoms. The molecule has 1 amide bonds. The van der Waals surface area contributed by atoms with Crippen LogP contribution in [0, 0.1) is 12.8 Å². The summed E-state index contributed by atoms with van der Waals surface area (Å²) in [5.41, 5.74) is 1.91. The van der Waals surface area contributed by atoms with E-state index in [1.54, 1.807) is 19.1 Å². The van der Waals surface area contributed by atoms with Gasteiger partial charge in [-0.05, 0) is 49.8 Å². The summed E-state index contributed by atoms with van der Waals surface area (Å²) in [5.74, 6) is 0.649. The van der Waals surface area contributed by atoms with Crippen LogP contribution in [0.1, 0.15) is 40.9 Å². The van der Waals surface area contributed by atoms with E-state index in [1.165, 1.54) is 5.56 Å². The van der Waals surface area contributed by atoms with Gasteiger partial charge in [-0.3, -0.25) is 9.59 Å². The number of benzene rings is 1. The highest BCUT2D eigenvalue weighted by Gasteiger charge is 2.42. The Labute approximate surface area is 129 Å². The topological polar surface area (TPSA) is 62.0 Å². The Morgan fingerprint density at radius 3 is 2.64 bits per heavy atom. The Hall–Kier alpha value is -2.36. The number of aromatic amines is 1. The third-order valence-corrected chi connectivity index (χ3v) is 4.37. The second-order valence-electron chi connectivity index (χ2n) is 6.06. The largest absolute Gasteiger partial charge is 0.349 e. The lowest BCUT2D eigenvalue weighted by Gasteiger charge is -2.14. The standard InChI is InChI=1S/C18H20N2O2/c1-11-8-9-14(17(21)19-11)18(22)20-12(2)15-10-16(15)13-6-4-3-5-7-13/h3-9,12,15-16H,10H2,1-2H3,(H,19,21)(H,20,22)/t12-,15-,16-/m1/s1. The highest BCUT2D eigenvalue weighted by molar-refractivity contribution is 5.94. The number of aryl methyl sites for hydroxylation is 1. The lowest BCUT2D eigenvalue weighted by atomic mass is 10.1. The molecule has 2 aromatic rings. The van der Waals surface area contributed by atoms with Crippen molar-refractivity contribution in [3.63, 3.8) is 0 Å². The molecule has 1 saturated carbocycles. The predicted octanol–water partition coefficient (Wildman–Crippen LogP) is 2.61. The first kappa shape index (κ1) is 14.6. The van der Waals surface area contributed by atoms with Crippen LogP contribution in [0.15, 0.2) is 47.3 Å². The number of nitrogens with one attached hydrogen (secondary N) is 2. The lowest BCUT2D eigenvalue weighted by molar-refractivity contribution is 0.0934. The molecule has 1 aliphatic carbocycles. The van der Waals surface area contributed by atoms with Crippen molar-refractivity contribution < 1.29 is 4.79 Å². The van der Waals surface area contributed by atoms with Crippen LogP contribution >= 0.6 is 0 Å². The van der Waals surface area contributed by atoms with E-state index in [2.05, 4.69) is 22.4 Å². The number of aromatic nitrogens is 1. The summed E-state index contributed by atoms with van der Waals surface area (Å²) in [7, 11) is 0. The van der Waals surface area contributed by atoms with Crippen molar-refractivity contribution in [2.24, 2.45) is 5.92 Å². The molecule has 1 aromatic heterocycles. The van der Waals surface area contributed by atoms with Gasteiger partial charge in [0.25, 0.3) is 11.5 Å². The van der Waals surface area contributed by atoms with Gasteiger partial charge in [0.2, 0.25) is 0 Å². The minimum absolute atomic E-state index is 0.0541. The zero-order valence-corrected chi connectivity index (χ0v) is 12.8. The Morgan fingerprint density at radius 2 is 1.95 bits per heavy atom. The van der Waals surface area contributed by atoms with Gasteiger partial charge in [-0.15, -0.1) is 0 Å². The van der Waals surface area contributed by atoms with Crippen LogP contribution in [0.5, 0.6) is 0 Å². The van der Waals surface area contributed by atoms with Crippen LogP contribution < -0.4 is 10.9 Å². The molecule has 114 valence electrons. The van der Waals surface area contributed by atoms with E-state index in [-0.39, 0.29) is 23.1 Å². The van der Waals surface area contributed by atoms with E-state index >= 15 is 0 Å². The van der Waals surface area contributed by atoms with E-state index in [0.29, 0.717) is 11.8 Å². The number of carbonyl (C=O) groups excluding carboxylic acids is 1. The first-order chi connectivity index (χ1) is 10.6. The second-order valence-corrected chi connectivity index (χ2v) is 6.06. The maximum atomic E-state index is 12.2. The fourth-order valence-corrected chi connectivity index (χ4v) is 2.99. The minimum atomic E-state index is -0.333. The van der Waals surface area contributed by atoms with E-state index < -0.39 is 0 Å². The summed E-state index contributed by atoms with van der Waals surface area (Å²) < 4.78 is 0. The van der Waals surface area contributed by atoms with Gasteiger partial charge in [0.15, 0.2) is 0 Å². The fourth-order valence-electron chi connectivity index (χ4n) is 2.99. The van der Waals surface area contributed by atoms with Crippen LogP contribution in [0.2, 0.25) is 0 Å². The maximum Gasteiger partial charge on any atom is 0.260 e.